The fraction of sp³-hybridized carbons (Fsp3) is 0.407. The molecule has 0 unspecified atom stereocenters. The predicted octanol–water partition coefficient (Wildman–Crippen LogP) is 5.25. The number of benzene rings is 2. The lowest BCUT2D eigenvalue weighted by molar-refractivity contribution is 0.324. The topological polar surface area (TPSA) is 68.9 Å². The number of aryl methyl sites for hydroxylation is 1. The Bertz CT molecular complexity index is 1240. The van der Waals surface area contributed by atoms with E-state index in [0.717, 1.165) is 54.5 Å². The van der Waals surface area contributed by atoms with Crippen LogP contribution in [0.25, 0.3) is 21.8 Å². The van der Waals surface area contributed by atoms with Gasteiger partial charge in [-0.3, -0.25) is 0 Å². The van der Waals surface area contributed by atoms with Crippen molar-refractivity contribution < 1.29 is 0 Å². The van der Waals surface area contributed by atoms with Crippen LogP contribution in [0.2, 0.25) is 0 Å². The van der Waals surface area contributed by atoms with Crippen LogP contribution in [0.4, 0.5) is 11.8 Å². The molecule has 0 atom stereocenters. The minimum absolute atomic E-state index is 0.439. The molecule has 2 aromatic carbocycles. The number of H-pyrrole nitrogens is 1. The highest BCUT2D eigenvalue weighted by molar-refractivity contribution is 5.90. The Balaban J connectivity index is 1.14. The monoisotopic (exact) mass is 442 g/mol. The van der Waals surface area contributed by atoms with Crippen molar-refractivity contribution in [1.82, 2.24) is 20.3 Å². The first-order valence-electron chi connectivity index (χ1n) is 12.1. The number of para-hydroxylation sites is 2. The van der Waals surface area contributed by atoms with Crippen molar-refractivity contribution in [3.63, 3.8) is 0 Å². The van der Waals surface area contributed by atoms with Crippen molar-refractivity contribution in [3.05, 3.63) is 59.8 Å². The van der Waals surface area contributed by atoms with Crippen LogP contribution in [0.1, 0.15) is 36.8 Å². The molecule has 0 saturated heterocycles. The average molecular weight is 443 g/mol. The molecule has 172 valence electrons. The third-order valence-electron chi connectivity index (χ3n) is 6.94. The summed E-state index contributed by atoms with van der Waals surface area (Å²) in [6.45, 7) is 4.15. The smallest absolute Gasteiger partial charge is 0.225 e. The van der Waals surface area contributed by atoms with E-state index in [1.165, 1.54) is 34.9 Å². The lowest BCUT2D eigenvalue weighted by Crippen LogP contribution is -2.31. The summed E-state index contributed by atoms with van der Waals surface area (Å²) < 4.78 is 0. The second-order valence-corrected chi connectivity index (χ2v) is 9.59. The summed E-state index contributed by atoms with van der Waals surface area (Å²) in [5.74, 6) is 2.44. The Hall–Kier alpha value is -3.12. The lowest BCUT2D eigenvalue weighted by atomic mass is 9.86. The fourth-order valence-electron chi connectivity index (χ4n) is 5.08. The Kier molecular flexibility index (Phi) is 6.18. The highest BCUT2D eigenvalue weighted by atomic mass is 15.2. The molecule has 0 bridgehead atoms. The van der Waals surface area contributed by atoms with Crippen molar-refractivity contribution in [1.29, 1.82) is 0 Å². The van der Waals surface area contributed by atoms with Crippen LogP contribution in [0.5, 0.6) is 0 Å². The molecule has 6 nitrogen and oxygen atoms in total. The molecule has 33 heavy (non-hydrogen) atoms. The number of hydrogen-bond acceptors (Lipinski definition) is 5. The summed E-state index contributed by atoms with van der Waals surface area (Å²) >= 11 is 0. The van der Waals surface area contributed by atoms with Gasteiger partial charge < -0.3 is 20.5 Å². The van der Waals surface area contributed by atoms with Gasteiger partial charge in [-0.15, -0.1) is 0 Å². The molecule has 0 aliphatic heterocycles. The third-order valence-corrected chi connectivity index (χ3v) is 6.94. The van der Waals surface area contributed by atoms with Crippen molar-refractivity contribution in [2.24, 2.45) is 5.92 Å². The molecule has 1 saturated carbocycles. The van der Waals surface area contributed by atoms with Gasteiger partial charge in [-0.05, 0) is 68.3 Å². The number of nitrogens with zero attached hydrogens (tertiary/aromatic N) is 3. The molecule has 1 aliphatic carbocycles. The maximum absolute atomic E-state index is 4.81. The van der Waals surface area contributed by atoms with Gasteiger partial charge in [-0.1, -0.05) is 30.3 Å². The molecule has 0 radical (unpaired) electrons. The zero-order valence-electron chi connectivity index (χ0n) is 19.9. The second kappa shape index (κ2) is 9.40. The van der Waals surface area contributed by atoms with E-state index < -0.39 is 0 Å². The zero-order chi connectivity index (χ0) is 22.8. The quantitative estimate of drug-likeness (QED) is 0.365. The second-order valence-electron chi connectivity index (χ2n) is 9.59. The Labute approximate surface area is 195 Å². The van der Waals surface area contributed by atoms with Crippen LogP contribution >= 0.6 is 0 Å². The Morgan fingerprint density at radius 3 is 2.58 bits per heavy atom. The summed E-state index contributed by atoms with van der Waals surface area (Å²) in [5.41, 5.74) is 4.91. The molecule has 0 amide bonds. The van der Waals surface area contributed by atoms with Crippen LogP contribution in [-0.2, 0) is 6.54 Å². The maximum atomic E-state index is 4.81. The van der Waals surface area contributed by atoms with Gasteiger partial charge in [0.2, 0.25) is 5.95 Å². The van der Waals surface area contributed by atoms with E-state index in [9.17, 15) is 0 Å². The largest absolute Gasteiger partial charge is 0.362 e. The molecule has 2 heterocycles. The van der Waals surface area contributed by atoms with E-state index in [4.69, 9.17) is 9.97 Å². The van der Waals surface area contributed by atoms with E-state index in [1.807, 2.05) is 26.2 Å². The highest BCUT2D eigenvalue weighted by Crippen LogP contribution is 2.28. The molecule has 0 spiro atoms. The normalized spacial score (nSPS) is 18.6. The van der Waals surface area contributed by atoms with Gasteiger partial charge in [-0.2, -0.15) is 4.98 Å². The van der Waals surface area contributed by atoms with E-state index in [-0.39, 0.29) is 0 Å². The standard InChI is InChI=1S/C27H34N6/c1-18-7-6-9-22-20(17-29-25(18)22)16-28-15-19-11-13-21(14-12-19)30-27-31-24-10-5-4-8-23(24)26(32-27)33(2)3/h4-10,17,19,21,28-29H,11-16H2,1-3H3,(H,30,31,32)/t19-,21+. The van der Waals surface area contributed by atoms with Crippen LogP contribution < -0.4 is 15.5 Å². The molecule has 5 rings (SSSR count). The summed E-state index contributed by atoms with van der Waals surface area (Å²) in [5, 5.41) is 9.75. The van der Waals surface area contributed by atoms with Crippen molar-refractivity contribution >= 4 is 33.6 Å². The van der Waals surface area contributed by atoms with Gasteiger partial charge in [0, 0.05) is 49.2 Å². The average Bonchev–Trinajstić information content (AvgIpc) is 3.24. The van der Waals surface area contributed by atoms with E-state index in [0.29, 0.717) is 6.04 Å². The number of anilines is 2. The van der Waals surface area contributed by atoms with E-state index in [1.54, 1.807) is 0 Å². The SMILES string of the molecule is Cc1cccc2c(CNC[C@H]3CC[C@@H](Nc4nc(N(C)C)c5ccccc5n4)CC3)c[nH]c12. The number of aromatic nitrogens is 3. The van der Waals surface area contributed by atoms with Gasteiger partial charge in [0.25, 0.3) is 0 Å². The zero-order valence-corrected chi connectivity index (χ0v) is 19.9. The van der Waals surface area contributed by atoms with Gasteiger partial charge in [-0.25, -0.2) is 4.98 Å². The number of rotatable bonds is 7. The predicted molar refractivity (Wildman–Crippen MR) is 138 cm³/mol. The number of fused-ring (bicyclic) bond motifs is 2. The lowest BCUT2D eigenvalue weighted by Gasteiger charge is -2.29. The Morgan fingerprint density at radius 2 is 1.76 bits per heavy atom. The van der Waals surface area contributed by atoms with Gasteiger partial charge in [0.05, 0.1) is 5.52 Å². The minimum Gasteiger partial charge on any atom is -0.362 e. The molecular formula is C27H34N6. The number of hydrogen-bond donors (Lipinski definition) is 3. The van der Waals surface area contributed by atoms with Crippen LogP contribution in [0.15, 0.2) is 48.7 Å². The number of aromatic amines is 1. The van der Waals surface area contributed by atoms with Crippen molar-refractivity contribution in [2.45, 2.75) is 45.2 Å². The van der Waals surface area contributed by atoms with Crippen molar-refractivity contribution in [2.75, 3.05) is 30.9 Å². The van der Waals surface area contributed by atoms with Crippen molar-refractivity contribution in [3.8, 4) is 0 Å². The maximum Gasteiger partial charge on any atom is 0.225 e. The van der Waals surface area contributed by atoms with Crippen LogP contribution in [0.3, 0.4) is 0 Å². The molecule has 2 aromatic heterocycles. The van der Waals surface area contributed by atoms with E-state index >= 15 is 0 Å². The summed E-state index contributed by atoms with van der Waals surface area (Å²) in [6.07, 6.45) is 6.92. The molecule has 3 N–H and O–H groups in total. The first kappa shape index (κ1) is 21.7. The highest BCUT2D eigenvalue weighted by Gasteiger charge is 2.22. The van der Waals surface area contributed by atoms with Gasteiger partial charge in [0.1, 0.15) is 5.82 Å². The molecule has 4 aromatic rings. The fourth-order valence-corrected chi connectivity index (χ4v) is 5.08. The minimum atomic E-state index is 0.439. The first-order valence-corrected chi connectivity index (χ1v) is 12.1. The van der Waals surface area contributed by atoms with Gasteiger partial charge in [0.15, 0.2) is 0 Å². The van der Waals surface area contributed by atoms with E-state index in [2.05, 4.69) is 64.0 Å². The van der Waals surface area contributed by atoms with Crippen LogP contribution in [-0.4, -0.2) is 41.6 Å². The van der Waals surface area contributed by atoms with Gasteiger partial charge >= 0.3 is 0 Å². The summed E-state index contributed by atoms with van der Waals surface area (Å²) in [4.78, 5) is 15.1. The third kappa shape index (κ3) is 4.67. The first-order chi connectivity index (χ1) is 16.1. The summed E-state index contributed by atoms with van der Waals surface area (Å²) in [6, 6.07) is 15.2. The summed E-state index contributed by atoms with van der Waals surface area (Å²) in [7, 11) is 4.07. The molecule has 6 heteroatoms. The number of nitrogens with one attached hydrogen (secondary N) is 3. The molecule has 1 fully saturated rings. The Morgan fingerprint density at radius 1 is 0.970 bits per heavy atom. The molecule has 1 aliphatic rings. The van der Waals surface area contributed by atoms with Crippen LogP contribution in [0, 0.1) is 12.8 Å². The molecular weight excluding hydrogens is 408 g/mol.